The SMILES string of the molecule is COCC1CCN(S(=O)(=O)c2cc(CCl)ccc2F)CC1. The van der Waals surface area contributed by atoms with E-state index in [-0.39, 0.29) is 10.8 Å². The lowest BCUT2D eigenvalue weighted by atomic mass is 9.99. The van der Waals surface area contributed by atoms with Crippen molar-refractivity contribution in [2.75, 3.05) is 26.8 Å². The number of ether oxygens (including phenoxy) is 1. The Morgan fingerprint density at radius 2 is 2.05 bits per heavy atom. The number of nitrogens with zero attached hydrogens (tertiary/aromatic N) is 1. The molecule has 1 aromatic rings. The van der Waals surface area contributed by atoms with Gasteiger partial charge in [-0.2, -0.15) is 4.31 Å². The fourth-order valence-electron chi connectivity index (χ4n) is 2.52. The molecule has 0 amide bonds. The summed E-state index contributed by atoms with van der Waals surface area (Å²) in [5.41, 5.74) is 0.589. The van der Waals surface area contributed by atoms with Gasteiger partial charge in [0.2, 0.25) is 10.0 Å². The molecule has 0 unspecified atom stereocenters. The molecule has 0 atom stereocenters. The first-order valence-corrected chi connectivity index (χ1v) is 8.80. The third-order valence-electron chi connectivity index (χ3n) is 3.74. The van der Waals surface area contributed by atoms with Crippen LogP contribution in [0.1, 0.15) is 18.4 Å². The number of hydrogen-bond acceptors (Lipinski definition) is 3. The van der Waals surface area contributed by atoms with Crippen molar-refractivity contribution < 1.29 is 17.5 Å². The van der Waals surface area contributed by atoms with E-state index in [1.165, 1.54) is 16.4 Å². The third-order valence-corrected chi connectivity index (χ3v) is 5.97. The van der Waals surface area contributed by atoms with Gasteiger partial charge in [0.25, 0.3) is 0 Å². The van der Waals surface area contributed by atoms with Crippen LogP contribution in [0.2, 0.25) is 0 Å². The summed E-state index contributed by atoms with van der Waals surface area (Å²) >= 11 is 5.70. The van der Waals surface area contributed by atoms with Gasteiger partial charge in [0.15, 0.2) is 0 Å². The van der Waals surface area contributed by atoms with E-state index in [4.69, 9.17) is 16.3 Å². The maximum absolute atomic E-state index is 13.9. The lowest BCUT2D eigenvalue weighted by Gasteiger charge is -2.31. The van der Waals surface area contributed by atoms with Crippen molar-refractivity contribution in [1.29, 1.82) is 0 Å². The highest BCUT2D eigenvalue weighted by molar-refractivity contribution is 7.89. The molecular formula is C14H19ClFNO3S. The second-order valence-electron chi connectivity index (χ2n) is 5.20. The van der Waals surface area contributed by atoms with Crippen LogP contribution in [0.5, 0.6) is 0 Å². The second kappa shape index (κ2) is 7.05. The number of benzene rings is 1. The minimum atomic E-state index is -3.80. The molecule has 118 valence electrons. The molecule has 7 heteroatoms. The molecule has 1 heterocycles. The maximum Gasteiger partial charge on any atom is 0.245 e. The minimum Gasteiger partial charge on any atom is -0.384 e. The Morgan fingerprint density at radius 3 is 2.62 bits per heavy atom. The Hall–Kier alpha value is -0.690. The largest absolute Gasteiger partial charge is 0.384 e. The van der Waals surface area contributed by atoms with Crippen LogP contribution in [0.15, 0.2) is 23.1 Å². The minimum absolute atomic E-state index is 0.152. The van der Waals surface area contributed by atoms with E-state index in [1.807, 2.05) is 0 Å². The smallest absolute Gasteiger partial charge is 0.245 e. The van der Waals surface area contributed by atoms with Crippen LogP contribution >= 0.6 is 11.6 Å². The zero-order valence-corrected chi connectivity index (χ0v) is 13.5. The Morgan fingerprint density at radius 1 is 1.38 bits per heavy atom. The summed E-state index contributed by atoms with van der Waals surface area (Å²) < 4.78 is 45.4. The fourth-order valence-corrected chi connectivity index (χ4v) is 4.27. The van der Waals surface area contributed by atoms with Crippen molar-refractivity contribution in [3.63, 3.8) is 0 Å². The summed E-state index contributed by atoms with van der Waals surface area (Å²) in [6.07, 6.45) is 1.45. The van der Waals surface area contributed by atoms with E-state index in [1.54, 1.807) is 7.11 Å². The van der Waals surface area contributed by atoms with Crippen LogP contribution in [0, 0.1) is 11.7 Å². The highest BCUT2D eigenvalue weighted by Gasteiger charge is 2.31. The second-order valence-corrected chi connectivity index (χ2v) is 7.37. The van der Waals surface area contributed by atoms with E-state index in [9.17, 15) is 12.8 Å². The number of halogens is 2. The summed E-state index contributed by atoms with van der Waals surface area (Å²) in [5, 5.41) is 0. The van der Waals surface area contributed by atoms with Crippen molar-refractivity contribution in [3.05, 3.63) is 29.6 Å². The lowest BCUT2D eigenvalue weighted by Crippen LogP contribution is -2.39. The molecular weight excluding hydrogens is 317 g/mol. The zero-order chi connectivity index (χ0) is 15.5. The Kier molecular flexibility index (Phi) is 5.60. The maximum atomic E-state index is 13.9. The summed E-state index contributed by atoms with van der Waals surface area (Å²) in [6.45, 7) is 1.41. The molecule has 1 aromatic carbocycles. The highest BCUT2D eigenvalue weighted by Crippen LogP contribution is 2.26. The first-order chi connectivity index (χ1) is 9.98. The molecule has 4 nitrogen and oxygen atoms in total. The summed E-state index contributed by atoms with van der Waals surface area (Å²) in [4.78, 5) is -0.286. The standard InChI is InChI=1S/C14H19ClFNO3S/c1-20-10-11-4-6-17(7-5-11)21(18,19)14-8-12(9-15)2-3-13(14)16/h2-3,8,11H,4-7,9-10H2,1H3. The topological polar surface area (TPSA) is 46.6 Å². The van der Waals surface area contributed by atoms with Crippen molar-refractivity contribution >= 4 is 21.6 Å². The molecule has 0 aromatic heterocycles. The Bertz CT molecular complexity index is 586. The quantitative estimate of drug-likeness (QED) is 0.777. The Balaban J connectivity index is 2.19. The average molecular weight is 336 g/mol. The van der Waals surface area contributed by atoms with Crippen molar-refractivity contribution in [3.8, 4) is 0 Å². The van der Waals surface area contributed by atoms with Gasteiger partial charge in [-0.3, -0.25) is 0 Å². The van der Waals surface area contributed by atoms with Gasteiger partial charge in [-0.15, -0.1) is 11.6 Å². The van der Waals surface area contributed by atoms with Crippen LogP contribution in [-0.2, 0) is 20.6 Å². The van der Waals surface area contributed by atoms with Gasteiger partial charge in [-0.1, -0.05) is 6.07 Å². The van der Waals surface area contributed by atoms with E-state index in [2.05, 4.69) is 0 Å². The molecule has 1 aliphatic heterocycles. The molecule has 0 bridgehead atoms. The van der Waals surface area contributed by atoms with Crippen LogP contribution < -0.4 is 0 Å². The molecule has 21 heavy (non-hydrogen) atoms. The summed E-state index contributed by atoms with van der Waals surface area (Å²) in [5.74, 6) is -0.220. The third kappa shape index (κ3) is 3.74. The van der Waals surface area contributed by atoms with Gasteiger partial charge in [-0.05, 0) is 36.5 Å². The Labute approximate surface area is 129 Å². The number of alkyl halides is 1. The van der Waals surface area contributed by atoms with Crippen LogP contribution in [-0.4, -0.2) is 39.5 Å². The fraction of sp³-hybridized carbons (Fsp3) is 0.571. The number of methoxy groups -OCH3 is 1. The molecule has 0 radical (unpaired) electrons. The lowest BCUT2D eigenvalue weighted by molar-refractivity contribution is 0.121. The van der Waals surface area contributed by atoms with Gasteiger partial charge in [0.1, 0.15) is 10.7 Å². The summed E-state index contributed by atoms with van der Waals surface area (Å²) in [7, 11) is -2.17. The molecule has 2 rings (SSSR count). The molecule has 1 aliphatic rings. The molecule has 0 saturated carbocycles. The van der Waals surface area contributed by atoms with Gasteiger partial charge in [0, 0.05) is 32.7 Å². The van der Waals surface area contributed by atoms with Crippen molar-refractivity contribution in [2.24, 2.45) is 5.92 Å². The number of piperidine rings is 1. The number of rotatable bonds is 5. The van der Waals surface area contributed by atoms with Gasteiger partial charge < -0.3 is 4.74 Å². The molecule has 0 aliphatic carbocycles. The normalized spacial score (nSPS) is 18.0. The van der Waals surface area contributed by atoms with Crippen LogP contribution in [0.25, 0.3) is 0 Å². The first kappa shape index (κ1) is 16.7. The average Bonchev–Trinajstić information content (AvgIpc) is 2.48. The van der Waals surface area contributed by atoms with Crippen LogP contribution in [0.3, 0.4) is 0 Å². The summed E-state index contributed by atoms with van der Waals surface area (Å²) in [6, 6.07) is 3.97. The molecule has 0 N–H and O–H groups in total. The highest BCUT2D eigenvalue weighted by atomic mass is 35.5. The van der Waals surface area contributed by atoms with E-state index < -0.39 is 15.8 Å². The molecule has 1 fully saturated rings. The number of sulfonamides is 1. The predicted molar refractivity (Wildman–Crippen MR) is 79.3 cm³/mol. The predicted octanol–water partition coefficient (Wildman–Crippen LogP) is 2.61. The number of hydrogen-bond donors (Lipinski definition) is 0. The van der Waals surface area contributed by atoms with Crippen molar-refractivity contribution in [1.82, 2.24) is 4.31 Å². The zero-order valence-electron chi connectivity index (χ0n) is 11.9. The van der Waals surface area contributed by atoms with Gasteiger partial charge in [-0.25, -0.2) is 12.8 Å². The molecule has 0 spiro atoms. The molecule has 1 saturated heterocycles. The van der Waals surface area contributed by atoms with E-state index in [0.29, 0.717) is 31.2 Å². The van der Waals surface area contributed by atoms with Gasteiger partial charge >= 0.3 is 0 Å². The van der Waals surface area contributed by atoms with Crippen molar-refractivity contribution in [2.45, 2.75) is 23.6 Å². The van der Waals surface area contributed by atoms with E-state index >= 15 is 0 Å². The monoisotopic (exact) mass is 335 g/mol. The van der Waals surface area contributed by atoms with E-state index in [0.717, 1.165) is 18.9 Å². The first-order valence-electron chi connectivity index (χ1n) is 6.82. The van der Waals surface area contributed by atoms with Gasteiger partial charge in [0.05, 0.1) is 0 Å². The van der Waals surface area contributed by atoms with Crippen LogP contribution in [0.4, 0.5) is 4.39 Å².